The van der Waals surface area contributed by atoms with Gasteiger partial charge in [-0.3, -0.25) is 0 Å². The molecule has 0 unspecified atom stereocenters. The summed E-state index contributed by atoms with van der Waals surface area (Å²) in [5, 5.41) is 3.32. The molecule has 0 radical (unpaired) electrons. The van der Waals surface area contributed by atoms with Crippen molar-refractivity contribution in [2.24, 2.45) is 0 Å². The molecule has 1 aromatic carbocycles. The molecule has 4 nitrogen and oxygen atoms in total. The number of methoxy groups -OCH3 is 2. The Morgan fingerprint density at radius 2 is 1.89 bits per heavy atom. The highest BCUT2D eigenvalue weighted by molar-refractivity contribution is 9.10. The smallest absolute Gasteiger partial charge is 0.137 e. The lowest BCUT2D eigenvalue weighted by molar-refractivity contribution is 0.171. The molecule has 0 saturated carbocycles. The molecule has 0 bridgehead atoms. The second kappa shape index (κ2) is 10.2. The molecule has 0 fully saturated rings. The van der Waals surface area contributed by atoms with Crippen molar-refractivity contribution < 1.29 is 14.2 Å². The van der Waals surface area contributed by atoms with Gasteiger partial charge in [0.15, 0.2) is 0 Å². The summed E-state index contributed by atoms with van der Waals surface area (Å²) in [6.07, 6.45) is 0.883. The normalized spacial score (nSPS) is 10.7. The van der Waals surface area contributed by atoms with Crippen LogP contribution in [0.4, 0.5) is 0 Å². The van der Waals surface area contributed by atoms with Gasteiger partial charge in [0.25, 0.3) is 0 Å². The summed E-state index contributed by atoms with van der Waals surface area (Å²) in [4.78, 5) is 0. The molecule has 1 rings (SSSR count). The molecule has 19 heavy (non-hydrogen) atoms. The summed E-state index contributed by atoms with van der Waals surface area (Å²) in [6, 6.07) is 6.07. The predicted molar refractivity (Wildman–Crippen MR) is 79.7 cm³/mol. The number of ether oxygens (including phenoxy) is 3. The van der Waals surface area contributed by atoms with Crippen molar-refractivity contribution in [1.29, 1.82) is 0 Å². The summed E-state index contributed by atoms with van der Waals surface area (Å²) in [5.74, 6) is 0.906. The van der Waals surface area contributed by atoms with Crippen LogP contribution < -0.4 is 10.1 Å². The molecule has 5 heteroatoms. The molecule has 0 aliphatic carbocycles. The van der Waals surface area contributed by atoms with Crippen LogP contribution in [0.2, 0.25) is 0 Å². The Morgan fingerprint density at radius 1 is 1.11 bits per heavy atom. The maximum Gasteiger partial charge on any atom is 0.137 e. The van der Waals surface area contributed by atoms with E-state index in [1.54, 1.807) is 14.2 Å². The molecule has 0 aliphatic heterocycles. The highest BCUT2D eigenvalue weighted by Crippen LogP contribution is 2.29. The van der Waals surface area contributed by atoms with Crippen LogP contribution in [0.1, 0.15) is 12.0 Å². The van der Waals surface area contributed by atoms with Gasteiger partial charge in [-0.2, -0.15) is 0 Å². The Balaban J connectivity index is 2.51. The van der Waals surface area contributed by atoms with E-state index in [4.69, 9.17) is 14.2 Å². The van der Waals surface area contributed by atoms with Gasteiger partial charge in [0, 0.05) is 45.9 Å². The van der Waals surface area contributed by atoms with E-state index in [9.17, 15) is 0 Å². The zero-order valence-corrected chi connectivity index (χ0v) is 13.2. The van der Waals surface area contributed by atoms with Crippen molar-refractivity contribution in [1.82, 2.24) is 5.32 Å². The Morgan fingerprint density at radius 3 is 2.63 bits per heavy atom. The van der Waals surface area contributed by atoms with Gasteiger partial charge < -0.3 is 19.5 Å². The fourth-order valence-electron chi connectivity index (χ4n) is 1.63. The lowest BCUT2D eigenvalue weighted by Gasteiger charge is -2.14. The van der Waals surface area contributed by atoms with E-state index < -0.39 is 0 Å². The molecule has 0 aromatic heterocycles. The van der Waals surface area contributed by atoms with Crippen molar-refractivity contribution in [2.75, 3.05) is 40.6 Å². The van der Waals surface area contributed by atoms with Crippen LogP contribution in [-0.4, -0.2) is 40.6 Å². The third-order valence-corrected chi connectivity index (χ3v) is 3.21. The fraction of sp³-hybridized carbons (Fsp3) is 0.571. The van der Waals surface area contributed by atoms with E-state index in [2.05, 4.69) is 27.3 Å². The van der Waals surface area contributed by atoms with E-state index in [0.29, 0.717) is 19.8 Å². The van der Waals surface area contributed by atoms with Gasteiger partial charge in [0.1, 0.15) is 5.75 Å². The lowest BCUT2D eigenvalue weighted by Crippen LogP contribution is -2.19. The highest BCUT2D eigenvalue weighted by Gasteiger charge is 2.07. The topological polar surface area (TPSA) is 39.7 Å². The van der Waals surface area contributed by atoms with Crippen LogP contribution >= 0.6 is 15.9 Å². The second-order valence-corrected chi connectivity index (χ2v) is 4.95. The SMILES string of the molecule is COCCCOc1c(Br)cccc1CNCCOC. The van der Waals surface area contributed by atoms with Crippen LogP contribution in [0.3, 0.4) is 0 Å². The maximum absolute atomic E-state index is 5.83. The third-order valence-electron chi connectivity index (χ3n) is 2.59. The summed E-state index contributed by atoms with van der Waals surface area (Å²) < 4.78 is 16.8. The molecule has 0 heterocycles. The number of nitrogens with one attached hydrogen (secondary N) is 1. The Labute approximate surface area is 123 Å². The zero-order valence-electron chi connectivity index (χ0n) is 11.6. The quantitative estimate of drug-likeness (QED) is 0.669. The third kappa shape index (κ3) is 6.38. The fourth-order valence-corrected chi connectivity index (χ4v) is 2.15. The molecule has 0 saturated heterocycles. The first-order valence-corrected chi connectivity index (χ1v) is 7.17. The van der Waals surface area contributed by atoms with Crippen molar-refractivity contribution in [2.45, 2.75) is 13.0 Å². The summed E-state index contributed by atoms with van der Waals surface area (Å²) in [6.45, 7) is 3.67. The van der Waals surface area contributed by atoms with E-state index >= 15 is 0 Å². The average molecular weight is 332 g/mol. The van der Waals surface area contributed by atoms with Crippen molar-refractivity contribution >= 4 is 15.9 Å². The van der Waals surface area contributed by atoms with Crippen LogP contribution in [0.15, 0.2) is 22.7 Å². The molecule has 108 valence electrons. The van der Waals surface area contributed by atoms with Gasteiger partial charge in [-0.1, -0.05) is 12.1 Å². The number of benzene rings is 1. The molecular weight excluding hydrogens is 310 g/mol. The largest absolute Gasteiger partial charge is 0.492 e. The monoisotopic (exact) mass is 331 g/mol. The molecule has 1 N–H and O–H groups in total. The number of hydrogen-bond donors (Lipinski definition) is 1. The standard InChI is InChI=1S/C14H22BrNO3/c1-17-8-4-9-19-14-12(5-3-6-13(14)15)11-16-7-10-18-2/h3,5-6,16H,4,7-11H2,1-2H3. The molecule has 1 aromatic rings. The Kier molecular flexibility index (Phi) is 8.82. The Bertz CT molecular complexity index is 361. The van der Waals surface area contributed by atoms with Crippen LogP contribution in [0, 0.1) is 0 Å². The van der Waals surface area contributed by atoms with Gasteiger partial charge in [0.05, 0.1) is 17.7 Å². The number of rotatable bonds is 10. The number of halogens is 1. The van der Waals surface area contributed by atoms with Crippen LogP contribution in [-0.2, 0) is 16.0 Å². The van der Waals surface area contributed by atoms with Gasteiger partial charge in [-0.25, -0.2) is 0 Å². The minimum Gasteiger partial charge on any atom is -0.492 e. The van der Waals surface area contributed by atoms with Gasteiger partial charge in [-0.15, -0.1) is 0 Å². The minimum absolute atomic E-state index is 0.654. The van der Waals surface area contributed by atoms with Gasteiger partial charge >= 0.3 is 0 Å². The highest BCUT2D eigenvalue weighted by atomic mass is 79.9. The van der Waals surface area contributed by atoms with E-state index in [0.717, 1.165) is 35.3 Å². The molecule has 0 amide bonds. The first kappa shape index (κ1) is 16.4. The number of para-hydroxylation sites is 1. The average Bonchev–Trinajstić information content (AvgIpc) is 2.42. The van der Waals surface area contributed by atoms with Crippen LogP contribution in [0.25, 0.3) is 0 Å². The Hall–Kier alpha value is -0.620. The predicted octanol–water partition coefficient (Wildman–Crippen LogP) is 2.60. The minimum atomic E-state index is 0.654. The van der Waals surface area contributed by atoms with Crippen molar-refractivity contribution in [3.63, 3.8) is 0 Å². The summed E-state index contributed by atoms with van der Waals surface area (Å²) in [7, 11) is 3.40. The first-order valence-electron chi connectivity index (χ1n) is 6.38. The summed E-state index contributed by atoms with van der Waals surface area (Å²) >= 11 is 3.53. The van der Waals surface area contributed by atoms with Crippen molar-refractivity contribution in [3.05, 3.63) is 28.2 Å². The van der Waals surface area contributed by atoms with Crippen LogP contribution in [0.5, 0.6) is 5.75 Å². The van der Waals surface area contributed by atoms with Crippen molar-refractivity contribution in [3.8, 4) is 5.75 Å². The molecule has 0 atom stereocenters. The summed E-state index contributed by atoms with van der Waals surface area (Å²) in [5.41, 5.74) is 1.14. The molecule has 0 spiro atoms. The second-order valence-electron chi connectivity index (χ2n) is 4.09. The molecular formula is C14H22BrNO3. The first-order chi connectivity index (χ1) is 9.29. The molecule has 0 aliphatic rings. The zero-order chi connectivity index (χ0) is 13.9. The van der Waals surface area contributed by atoms with E-state index in [1.807, 2.05) is 12.1 Å². The maximum atomic E-state index is 5.83. The van der Waals surface area contributed by atoms with Gasteiger partial charge in [0.2, 0.25) is 0 Å². The lowest BCUT2D eigenvalue weighted by atomic mass is 10.2. The van der Waals surface area contributed by atoms with E-state index in [1.165, 1.54) is 0 Å². The van der Waals surface area contributed by atoms with Gasteiger partial charge in [-0.05, 0) is 22.0 Å². The van der Waals surface area contributed by atoms with E-state index in [-0.39, 0.29) is 0 Å². The number of hydrogen-bond acceptors (Lipinski definition) is 4.